The number of carboxylic acid groups (broad SMARTS) is 1. The lowest BCUT2D eigenvalue weighted by atomic mass is 10.1. The van der Waals surface area contributed by atoms with Crippen LogP contribution >= 0.6 is 11.8 Å². The molecule has 0 spiro atoms. The Morgan fingerprint density at radius 2 is 2.00 bits per heavy atom. The number of carbonyl (C=O) groups is 5. The average Bonchev–Trinajstić information content (AvgIpc) is 2.62. The van der Waals surface area contributed by atoms with E-state index < -0.39 is 24.0 Å². The van der Waals surface area contributed by atoms with E-state index in [1.807, 2.05) is 0 Å². The summed E-state index contributed by atoms with van der Waals surface area (Å²) in [5.41, 5.74) is 0. The summed E-state index contributed by atoms with van der Waals surface area (Å²) >= 11 is 0.921. The van der Waals surface area contributed by atoms with Gasteiger partial charge in [-0.3, -0.25) is 19.2 Å². The summed E-state index contributed by atoms with van der Waals surface area (Å²) in [5, 5.41) is 15.8. The highest BCUT2D eigenvalue weighted by Crippen LogP contribution is 2.14. The van der Waals surface area contributed by atoms with Crippen molar-refractivity contribution in [3.8, 4) is 0 Å². The van der Waals surface area contributed by atoms with Crippen LogP contribution in [0.1, 0.15) is 19.8 Å². The second kappa shape index (κ2) is 9.58. The third-order valence-electron chi connectivity index (χ3n) is 4.49. The van der Waals surface area contributed by atoms with Gasteiger partial charge >= 0.3 is 0 Å². The van der Waals surface area contributed by atoms with Crippen molar-refractivity contribution in [2.24, 2.45) is 0 Å². The average molecular weight is 399 g/mol. The Morgan fingerprint density at radius 3 is 2.63 bits per heavy atom. The van der Waals surface area contributed by atoms with Gasteiger partial charge in [-0.15, -0.1) is 11.8 Å². The predicted octanol–water partition coefficient (Wildman–Crippen LogP) is -3.08. The number of piperazine rings is 1. The summed E-state index contributed by atoms with van der Waals surface area (Å²) in [7, 11) is 0. The minimum atomic E-state index is -1.25. The highest BCUT2D eigenvalue weighted by molar-refractivity contribution is 8.00. The zero-order valence-corrected chi connectivity index (χ0v) is 15.9. The molecule has 2 N–H and O–H groups in total. The topological polar surface area (TPSA) is 139 Å². The van der Waals surface area contributed by atoms with Crippen LogP contribution in [0, 0.1) is 0 Å². The van der Waals surface area contributed by atoms with Gasteiger partial charge in [0.25, 0.3) is 0 Å². The standard InChI is InChI=1S/C16H24N4O6S/c1-10(21)20-6-5-19(13(22)8-27-9-14(23)24)7-12(20)16(26)18-11-3-2-4-17-15(11)25/h11-12H,2-9H2,1H3,(H,17,25)(H,18,26)(H,23,24)/p-1/t11-,12-/m0/s1. The lowest BCUT2D eigenvalue weighted by Gasteiger charge is -2.40. The van der Waals surface area contributed by atoms with Gasteiger partial charge in [0.05, 0.1) is 18.3 Å². The molecule has 0 aromatic heterocycles. The van der Waals surface area contributed by atoms with Crippen molar-refractivity contribution in [1.29, 1.82) is 0 Å². The Morgan fingerprint density at radius 1 is 1.26 bits per heavy atom. The molecule has 0 unspecified atom stereocenters. The molecule has 2 atom stereocenters. The molecule has 0 aliphatic carbocycles. The van der Waals surface area contributed by atoms with Crippen LogP contribution in [-0.2, 0) is 24.0 Å². The summed E-state index contributed by atoms with van der Waals surface area (Å²) in [5.74, 6) is -2.93. The van der Waals surface area contributed by atoms with E-state index in [0.29, 0.717) is 13.0 Å². The Labute approximate surface area is 161 Å². The number of hydrogen-bond donors (Lipinski definition) is 2. The first-order chi connectivity index (χ1) is 12.8. The number of hydrogen-bond acceptors (Lipinski definition) is 7. The van der Waals surface area contributed by atoms with Gasteiger partial charge in [0.15, 0.2) is 0 Å². The van der Waals surface area contributed by atoms with E-state index in [9.17, 15) is 29.1 Å². The molecule has 10 nitrogen and oxygen atoms in total. The number of piperidine rings is 1. The first kappa shape index (κ1) is 21.0. The van der Waals surface area contributed by atoms with Gasteiger partial charge in [0.2, 0.25) is 23.6 Å². The summed E-state index contributed by atoms with van der Waals surface area (Å²) in [6.45, 7) is 2.38. The summed E-state index contributed by atoms with van der Waals surface area (Å²) in [4.78, 5) is 61.9. The molecule has 2 saturated heterocycles. The zero-order chi connectivity index (χ0) is 20.0. The van der Waals surface area contributed by atoms with E-state index in [1.165, 1.54) is 16.7 Å². The number of thioether (sulfide) groups is 1. The minimum absolute atomic E-state index is 0.00443. The normalized spacial score (nSPS) is 22.8. The lowest BCUT2D eigenvalue weighted by molar-refractivity contribution is -0.301. The number of nitrogens with one attached hydrogen (secondary N) is 2. The summed E-state index contributed by atoms with van der Waals surface area (Å²) in [6, 6.07) is -1.54. The third-order valence-corrected chi connectivity index (χ3v) is 5.38. The first-order valence-corrected chi connectivity index (χ1v) is 9.85. The van der Waals surface area contributed by atoms with E-state index in [0.717, 1.165) is 18.2 Å². The fourth-order valence-electron chi connectivity index (χ4n) is 3.10. The minimum Gasteiger partial charge on any atom is -0.549 e. The first-order valence-electron chi connectivity index (χ1n) is 8.70. The second-order valence-electron chi connectivity index (χ2n) is 6.43. The van der Waals surface area contributed by atoms with Crippen LogP contribution in [0.15, 0.2) is 0 Å². The maximum absolute atomic E-state index is 12.7. The van der Waals surface area contributed by atoms with Crippen molar-refractivity contribution < 1.29 is 29.1 Å². The molecule has 0 saturated carbocycles. The molecule has 4 amide bonds. The molecule has 150 valence electrons. The third kappa shape index (κ3) is 5.84. The Balaban J connectivity index is 1.99. The Kier molecular flexibility index (Phi) is 7.45. The molecule has 0 aromatic carbocycles. The number of amides is 4. The largest absolute Gasteiger partial charge is 0.549 e. The molecular formula is C16H23N4O6S-. The molecule has 2 rings (SSSR count). The van der Waals surface area contributed by atoms with Crippen LogP contribution in [-0.4, -0.2) is 89.2 Å². The van der Waals surface area contributed by atoms with Gasteiger partial charge in [-0.1, -0.05) is 0 Å². The fourth-order valence-corrected chi connectivity index (χ4v) is 3.73. The van der Waals surface area contributed by atoms with Gasteiger partial charge in [0, 0.05) is 32.3 Å². The number of carboxylic acids is 1. The van der Waals surface area contributed by atoms with Crippen molar-refractivity contribution >= 4 is 41.4 Å². The molecule has 27 heavy (non-hydrogen) atoms. The Hall–Kier alpha value is -2.30. The van der Waals surface area contributed by atoms with Crippen LogP contribution in [0.25, 0.3) is 0 Å². The van der Waals surface area contributed by atoms with E-state index in [-0.39, 0.29) is 48.9 Å². The predicted molar refractivity (Wildman–Crippen MR) is 94.3 cm³/mol. The highest BCUT2D eigenvalue weighted by Gasteiger charge is 2.37. The fraction of sp³-hybridized carbons (Fsp3) is 0.688. The second-order valence-corrected chi connectivity index (χ2v) is 7.41. The van der Waals surface area contributed by atoms with Crippen molar-refractivity contribution in [1.82, 2.24) is 20.4 Å². The van der Waals surface area contributed by atoms with E-state index in [2.05, 4.69) is 10.6 Å². The highest BCUT2D eigenvalue weighted by atomic mass is 32.2. The maximum Gasteiger partial charge on any atom is 0.245 e. The van der Waals surface area contributed by atoms with E-state index in [4.69, 9.17) is 0 Å². The monoisotopic (exact) mass is 399 g/mol. The van der Waals surface area contributed by atoms with Gasteiger partial charge in [0.1, 0.15) is 12.1 Å². The van der Waals surface area contributed by atoms with E-state index >= 15 is 0 Å². The molecule has 11 heteroatoms. The SMILES string of the molecule is CC(=O)N1CCN(C(=O)CSCC(=O)[O-])C[C@H]1C(=O)N[C@H]1CCCNC1=O. The van der Waals surface area contributed by atoms with Crippen molar-refractivity contribution in [2.45, 2.75) is 31.8 Å². The van der Waals surface area contributed by atoms with Crippen LogP contribution in [0.2, 0.25) is 0 Å². The smallest absolute Gasteiger partial charge is 0.245 e. The van der Waals surface area contributed by atoms with Crippen molar-refractivity contribution in [3.05, 3.63) is 0 Å². The van der Waals surface area contributed by atoms with Gasteiger partial charge in [-0.25, -0.2) is 0 Å². The number of aliphatic carboxylic acids is 1. The lowest BCUT2D eigenvalue weighted by Crippen LogP contribution is -2.63. The van der Waals surface area contributed by atoms with Crippen molar-refractivity contribution in [2.75, 3.05) is 37.7 Å². The van der Waals surface area contributed by atoms with Gasteiger partial charge in [-0.05, 0) is 12.8 Å². The molecule has 0 aromatic rings. The Bertz CT molecular complexity index is 628. The molecule has 0 radical (unpaired) electrons. The van der Waals surface area contributed by atoms with E-state index in [1.54, 1.807) is 0 Å². The molecule has 2 aliphatic rings. The maximum atomic E-state index is 12.7. The van der Waals surface area contributed by atoms with Crippen LogP contribution in [0.4, 0.5) is 0 Å². The quantitative estimate of drug-likeness (QED) is 0.483. The molecular weight excluding hydrogens is 376 g/mol. The van der Waals surface area contributed by atoms with Gasteiger partial charge in [-0.2, -0.15) is 0 Å². The van der Waals surface area contributed by atoms with Crippen molar-refractivity contribution in [3.63, 3.8) is 0 Å². The number of carbonyl (C=O) groups excluding carboxylic acids is 5. The summed E-state index contributed by atoms with van der Waals surface area (Å²) in [6.07, 6.45) is 1.27. The molecule has 2 aliphatic heterocycles. The number of nitrogens with zero attached hydrogens (tertiary/aromatic N) is 2. The molecule has 2 heterocycles. The van der Waals surface area contributed by atoms with Gasteiger partial charge < -0.3 is 30.3 Å². The van der Waals surface area contributed by atoms with Crippen LogP contribution < -0.4 is 15.7 Å². The number of rotatable bonds is 6. The van der Waals surface area contributed by atoms with Crippen LogP contribution in [0.3, 0.4) is 0 Å². The molecule has 2 fully saturated rings. The molecule has 0 bridgehead atoms. The van der Waals surface area contributed by atoms with Crippen LogP contribution in [0.5, 0.6) is 0 Å². The summed E-state index contributed by atoms with van der Waals surface area (Å²) < 4.78 is 0. The zero-order valence-electron chi connectivity index (χ0n) is 15.1.